The zero-order chi connectivity index (χ0) is 33.6. The van der Waals surface area contributed by atoms with E-state index in [1.165, 1.54) is 7.11 Å². The first-order valence-electron chi connectivity index (χ1n) is 16.6. The minimum Gasteiger partial charge on any atom is -0.497 e. The van der Waals surface area contributed by atoms with Crippen molar-refractivity contribution >= 4 is 17.3 Å². The smallest absolute Gasteiger partial charge is 0.286 e. The fourth-order valence-electron chi connectivity index (χ4n) is 5.67. The van der Waals surface area contributed by atoms with Gasteiger partial charge < -0.3 is 14.7 Å². The molecule has 2 aromatic carbocycles. The van der Waals surface area contributed by atoms with Gasteiger partial charge in [-0.05, 0) is 74.1 Å². The van der Waals surface area contributed by atoms with Gasteiger partial charge in [-0.15, -0.1) is 5.11 Å². The van der Waals surface area contributed by atoms with Gasteiger partial charge in [-0.3, -0.25) is 9.59 Å². The Labute approximate surface area is 273 Å². The molecular formula is C37H49N5O4. The molecular weight excluding hydrogens is 578 g/mol. The van der Waals surface area contributed by atoms with Gasteiger partial charge >= 0.3 is 0 Å². The zero-order valence-corrected chi connectivity index (χ0v) is 28.3. The van der Waals surface area contributed by atoms with Crippen LogP contribution in [0.2, 0.25) is 0 Å². The second kappa shape index (κ2) is 17.9. The summed E-state index contributed by atoms with van der Waals surface area (Å²) < 4.78 is 6.23. The summed E-state index contributed by atoms with van der Waals surface area (Å²) in [6, 6.07) is 15.5. The SMILES string of the molecule is CCCCC(CC)CN(CC(CC)CCCC)C(=O)c1cccc(N=Nc2c(C)c(C#N)c(O)n(-c3ccc(OC)cc3)c2=O)c1. The van der Waals surface area contributed by atoms with Crippen molar-refractivity contribution in [1.29, 1.82) is 5.26 Å². The van der Waals surface area contributed by atoms with E-state index in [-0.39, 0.29) is 22.7 Å². The molecule has 3 rings (SSSR count). The molecule has 0 saturated carbocycles. The van der Waals surface area contributed by atoms with Crippen molar-refractivity contribution in [2.24, 2.45) is 22.1 Å². The van der Waals surface area contributed by atoms with E-state index in [0.29, 0.717) is 34.5 Å². The number of unbranched alkanes of at least 4 members (excludes halogenated alkanes) is 2. The first kappa shape index (κ1) is 36.0. The van der Waals surface area contributed by atoms with E-state index in [1.807, 2.05) is 11.0 Å². The monoisotopic (exact) mass is 627 g/mol. The van der Waals surface area contributed by atoms with Crippen molar-refractivity contribution in [2.75, 3.05) is 20.2 Å². The third-order valence-electron chi connectivity index (χ3n) is 8.70. The molecule has 0 aliphatic heterocycles. The van der Waals surface area contributed by atoms with Crippen LogP contribution in [-0.2, 0) is 0 Å². The summed E-state index contributed by atoms with van der Waals surface area (Å²) >= 11 is 0. The maximum Gasteiger partial charge on any atom is 0.286 e. The van der Waals surface area contributed by atoms with E-state index in [2.05, 4.69) is 37.9 Å². The summed E-state index contributed by atoms with van der Waals surface area (Å²) in [7, 11) is 1.53. The molecule has 9 heteroatoms. The molecule has 1 N–H and O–H groups in total. The van der Waals surface area contributed by atoms with E-state index in [4.69, 9.17) is 4.74 Å². The van der Waals surface area contributed by atoms with Crippen LogP contribution in [0.15, 0.2) is 63.6 Å². The Kier molecular flexibility index (Phi) is 14.0. The first-order chi connectivity index (χ1) is 22.2. The zero-order valence-electron chi connectivity index (χ0n) is 28.3. The highest BCUT2D eigenvalue weighted by atomic mass is 16.5. The third-order valence-corrected chi connectivity index (χ3v) is 8.70. The van der Waals surface area contributed by atoms with Crippen LogP contribution in [0.4, 0.5) is 11.4 Å². The molecule has 0 radical (unpaired) electrons. The number of aromatic nitrogens is 1. The molecule has 0 fully saturated rings. The molecule has 2 atom stereocenters. The molecule has 0 bridgehead atoms. The molecule has 46 heavy (non-hydrogen) atoms. The Balaban J connectivity index is 1.99. The van der Waals surface area contributed by atoms with E-state index in [1.54, 1.807) is 55.5 Å². The predicted molar refractivity (Wildman–Crippen MR) is 183 cm³/mol. The summed E-state index contributed by atoms with van der Waals surface area (Å²) in [5.41, 5.74) is 0.700. The number of nitriles is 1. The summed E-state index contributed by atoms with van der Waals surface area (Å²) in [5, 5.41) is 29.2. The van der Waals surface area contributed by atoms with Crippen LogP contribution in [0.3, 0.4) is 0 Å². The van der Waals surface area contributed by atoms with Gasteiger partial charge in [-0.2, -0.15) is 10.4 Å². The fraction of sp³-hybridized carbons (Fsp3) is 0.486. The Morgan fingerprint density at radius 2 is 1.59 bits per heavy atom. The normalized spacial score (nSPS) is 12.5. The maximum absolute atomic E-state index is 14.0. The van der Waals surface area contributed by atoms with Gasteiger partial charge in [0.1, 0.15) is 17.4 Å². The third kappa shape index (κ3) is 9.06. The molecule has 0 saturated heterocycles. The van der Waals surface area contributed by atoms with Gasteiger partial charge in [-0.1, -0.05) is 72.3 Å². The minimum atomic E-state index is -0.628. The molecule has 1 aromatic heterocycles. The van der Waals surface area contributed by atoms with Crippen molar-refractivity contribution < 1.29 is 14.6 Å². The average molecular weight is 628 g/mol. The summed E-state index contributed by atoms with van der Waals surface area (Å²) in [6.07, 6.45) is 8.80. The number of hydrogen-bond acceptors (Lipinski definition) is 7. The van der Waals surface area contributed by atoms with Gasteiger partial charge in [0.15, 0.2) is 5.69 Å². The fourth-order valence-corrected chi connectivity index (χ4v) is 5.67. The maximum atomic E-state index is 14.0. The van der Waals surface area contributed by atoms with Crippen molar-refractivity contribution in [2.45, 2.75) is 86.0 Å². The number of azo groups is 1. The van der Waals surface area contributed by atoms with E-state index < -0.39 is 11.4 Å². The Morgan fingerprint density at radius 3 is 2.11 bits per heavy atom. The molecule has 0 aliphatic carbocycles. The molecule has 9 nitrogen and oxygen atoms in total. The van der Waals surface area contributed by atoms with Gasteiger partial charge in [0, 0.05) is 24.2 Å². The van der Waals surface area contributed by atoms with Crippen molar-refractivity contribution in [1.82, 2.24) is 9.47 Å². The predicted octanol–water partition coefficient (Wildman–Crippen LogP) is 9.02. The summed E-state index contributed by atoms with van der Waals surface area (Å²) in [6.45, 7) is 11.8. The number of nitrogens with zero attached hydrogens (tertiary/aromatic N) is 5. The highest BCUT2D eigenvalue weighted by Gasteiger charge is 2.23. The van der Waals surface area contributed by atoms with E-state index in [9.17, 15) is 20.0 Å². The lowest BCUT2D eigenvalue weighted by molar-refractivity contribution is 0.0685. The number of hydrogen-bond donors (Lipinski definition) is 1. The van der Waals surface area contributed by atoms with Gasteiger partial charge in [0.05, 0.1) is 18.5 Å². The average Bonchev–Trinajstić information content (AvgIpc) is 3.07. The quantitative estimate of drug-likeness (QED) is 0.150. The second-order valence-electron chi connectivity index (χ2n) is 11.9. The van der Waals surface area contributed by atoms with Crippen LogP contribution in [0.1, 0.15) is 101 Å². The molecule has 0 aliphatic rings. The number of carbonyl (C=O) groups is 1. The lowest BCUT2D eigenvalue weighted by atomic mass is 9.95. The van der Waals surface area contributed by atoms with Gasteiger partial charge in [0.25, 0.3) is 11.5 Å². The van der Waals surface area contributed by atoms with Crippen LogP contribution >= 0.6 is 0 Å². The number of benzene rings is 2. The number of ether oxygens (including phenoxy) is 1. The number of amides is 1. The lowest BCUT2D eigenvalue weighted by Crippen LogP contribution is -2.39. The van der Waals surface area contributed by atoms with Crippen molar-refractivity contribution in [3.05, 3.63) is 75.6 Å². The summed E-state index contributed by atoms with van der Waals surface area (Å²) in [5.74, 6) is 0.950. The number of rotatable bonds is 17. The molecule has 2 unspecified atom stereocenters. The van der Waals surface area contributed by atoms with Crippen molar-refractivity contribution in [3.8, 4) is 23.4 Å². The summed E-state index contributed by atoms with van der Waals surface area (Å²) in [4.78, 5) is 29.6. The van der Waals surface area contributed by atoms with Gasteiger partial charge in [-0.25, -0.2) is 4.57 Å². The van der Waals surface area contributed by atoms with E-state index in [0.717, 1.165) is 69.0 Å². The highest BCUT2D eigenvalue weighted by molar-refractivity contribution is 5.95. The number of pyridine rings is 1. The second-order valence-corrected chi connectivity index (χ2v) is 11.9. The molecule has 1 heterocycles. The van der Waals surface area contributed by atoms with Gasteiger partial charge in [0.2, 0.25) is 5.88 Å². The standard InChI is InChI=1S/C37H49N5O4/c1-7-11-14-27(9-3)24-41(25-28(10-4)15-12-8-2)35(43)29-16-13-17-30(22-29)39-40-34-26(5)33(23-38)36(44)42(37(34)45)31-18-20-32(46-6)21-19-31/h13,16-22,27-28,44H,7-12,14-15,24-25H2,1-6H3. The Bertz CT molecular complexity index is 1550. The molecule has 246 valence electrons. The molecule has 0 spiro atoms. The lowest BCUT2D eigenvalue weighted by Gasteiger charge is -2.31. The largest absolute Gasteiger partial charge is 0.497 e. The van der Waals surface area contributed by atoms with Crippen molar-refractivity contribution in [3.63, 3.8) is 0 Å². The minimum absolute atomic E-state index is 0.0311. The molecule has 1 amide bonds. The molecule has 3 aromatic rings. The van der Waals surface area contributed by atoms with Crippen LogP contribution in [-0.4, -0.2) is 40.7 Å². The van der Waals surface area contributed by atoms with E-state index >= 15 is 0 Å². The first-order valence-corrected chi connectivity index (χ1v) is 16.6. The topological polar surface area (TPSA) is 120 Å². The highest BCUT2D eigenvalue weighted by Crippen LogP contribution is 2.30. The Morgan fingerprint density at radius 1 is 0.978 bits per heavy atom. The van der Waals surface area contributed by atoms with Crippen LogP contribution < -0.4 is 10.3 Å². The van der Waals surface area contributed by atoms with Crippen LogP contribution in [0.25, 0.3) is 5.69 Å². The number of aromatic hydroxyl groups is 1. The van der Waals surface area contributed by atoms with Crippen LogP contribution in [0.5, 0.6) is 11.6 Å². The number of methoxy groups -OCH3 is 1. The number of carbonyl (C=O) groups excluding carboxylic acids is 1. The van der Waals surface area contributed by atoms with Crippen LogP contribution in [0, 0.1) is 30.1 Å². The Hall–Kier alpha value is -4.45.